The van der Waals surface area contributed by atoms with E-state index in [1.54, 1.807) is 23.1 Å². The maximum Gasteiger partial charge on any atom is 0.260 e. The molecule has 2 aromatic carbocycles. The first kappa shape index (κ1) is 21.6. The molecule has 0 fully saturated rings. The van der Waals surface area contributed by atoms with E-state index in [2.05, 4.69) is 0 Å². The number of rotatable bonds is 5. The van der Waals surface area contributed by atoms with Gasteiger partial charge in [-0.1, -0.05) is 22.9 Å². The summed E-state index contributed by atoms with van der Waals surface area (Å²) in [5.41, 5.74) is 2.29. The van der Waals surface area contributed by atoms with E-state index in [0.717, 1.165) is 15.8 Å². The summed E-state index contributed by atoms with van der Waals surface area (Å²) >= 11 is 7.73. The Labute approximate surface area is 184 Å². The molecule has 3 aromatic rings. The molecule has 1 aromatic heterocycles. The van der Waals surface area contributed by atoms with Crippen LogP contribution < -0.4 is 14.4 Å². The van der Waals surface area contributed by atoms with Crippen LogP contribution in [0.1, 0.15) is 15.9 Å². The standard InChI is InChI=1S/C20H20ClN3O3S.ClH/c1-12-14(21)5-7-17-18(12)22-20(28-17)24(9-8-23(2)3)19(25)13-4-6-15-16(10-13)27-11-26-15;/h4-7,10H,8-9,11H2,1-3H3;1H. The van der Waals surface area contributed by atoms with Crippen LogP contribution in [0.25, 0.3) is 10.2 Å². The maximum atomic E-state index is 13.3. The molecule has 0 N–H and O–H groups in total. The number of aryl methyl sites for hydroxylation is 1. The second-order valence-electron chi connectivity index (χ2n) is 6.84. The van der Waals surface area contributed by atoms with E-state index in [-0.39, 0.29) is 25.1 Å². The Morgan fingerprint density at radius 1 is 1.17 bits per heavy atom. The molecule has 0 saturated carbocycles. The van der Waals surface area contributed by atoms with Gasteiger partial charge < -0.3 is 14.4 Å². The predicted molar refractivity (Wildman–Crippen MR) is 119 cm³/mol. The fourth-order valence-corrected chi connectivity index (χ4v) is 4.18. The number of halogens is 2. The molecule has 6 nitrogen and oxygen atoms in total. The van der Waals surface area contributed by atoms with Crippen molar-refractivity contribution >= 4 is 56.6 Å². The zero-order chi connectivity index (χ0) is 19.8. The monoisotopic (exact) mass is 453 g/mol. The Kier molecular flexibility index (Phi) is 6.53. The summed E-state index contributed by atoms with van der Waals surface area (Å²) in [7, 11) is 3.96. The normalized spacial score (nSPS) is 12.3. The fourth-order valence-electron chi connectivity index (χ4n) is 2.97. The Morgan fingerprint density at radius 2 is 1.93 bits per heavy atom. The molecule has 29 heavy (non-hydrogen) atoms. The number of hydrogen-bond donors (Lipinski definition) is 0. The topological polar surface area (TPSA) is 54.9 Å². The number of fused-ring (bicyclic) bond motifs is 2. The van der Waals surface area contributed by atoms with Crippen molar-refractivity contribution in [2.75, 3.05) is 38.9 Å². The van der Waals surface area contributed by atoms with Gasteiger partial charge in [-0.05, 0) is 56.9 Å². The third kappa shape index (κ3) is 4.28. The van der Waals surface area contributed by atoms with E-state index in [1.165, 1.54) is 11.3 Å². The van der Waals surface area contributed by atoms with Crippen LogP contribution >= 0.6 is 35.3 Å². The summed E-state index contributed by atoms with van der Waals surface area (Å²) in [4.78, 5) is 21.8. The van der Waals surface area contributed by atoms with Crippen LogP contribution in [0.15, 0.2) is 30.3 Å². The van der Waals surface area contributed by atoms with Gasteiger partial charge in [0.2, 0.25) is 6.79 Å². The van der Waals surface area contributed by atoms with Crippen molar-refractivity contribution < 1.29 is 14.3 Å². The van der Waals surface area contributed by atoms with Crippen molar-refractivity contribution in [3.8, 4) is 11.5 Å². The first-order valence-corrected chi connectivity index (χ1v) is 10.1. The lowest BCUT2D eigenvalue weighted by Crippen LogP contribution is -2.36. The number of nitrogens with zero attached hydrogens (tertiary/aromatic N) is 3. The highest BCUT2D eigenvalue weighted by atomic mass is 35.5. The van der Waals surface area contributed by atoms with Crippen LogP contribution in [0.3, 0.4) is 0 Å². The van der Waals surface area contributed by atoms with Gasteiger partial charge in [-0.2, -0.15) is 0 Å². The number of benzene rings is 2. The smallest absolute Gasteiger partial charge is 0.260 e. The molecule has 0 spiro atoms. The molecule has 0 saturated heterocycles. The number of thiazole rings is 1. The summed E-state index contributed by atoms with van der Waals surface area (Å²) in [6, 6.07) is 9.06. The molecule has 1 amide bonds. The number of hydrogen-bond acceptors (Lipinski definition) is 6. The largest absolute Gasteiger partial charge is 0.454 e. The number of anilines is 1. The van der Waals surface area contributed by atoms with Crippen molar-refractivity contribution in [3.63, 3.8) is 0 Å². The zero-order valence-electron chi connectivity index (χ0n) is 16.3. The highest BCUT2D eigenvalue weighted by Crippen LogP contribution is 2.36. The summed E-state index contributed by atoms with van der Waals surface area (Å²) in [5, 5.41) is 1.33. The Hall–Kier alpha value is -2.06. The second-order valence-corrected chi connectivity index (χ2v) is 8.26. The van der Waals surface area contributed by atoms with Gasteiger partial charge in [0, 0.05) is 23.7 Å². The molecule has 0 atom stereocenters. The van der Waals surface area contributed by atoms with Gasteiger partial charge in [0.25, 0.3) is 5.91 Å². The van der Waals surface area contributed by atoms with Crippen molar-refractivity contribution in [2.24, 2.45) is 0 Å². The lowest BCUT2D eigenvalue weighted by molar-refractivity contribution is 0.0984. The Balaban J connectivity index is 0.00000240. The minimum absolute atomic E-state index is 0. The van der Waals surface area contributed by atoms with Gasteiger partial charge in [-0.3, -0.25) is 9.69 Å². The van der Waals surface area contributed by atoms with E-state index < -0.39 is 0 Å². The van der Waals surface area contributed by atoms with Crippen molar-refractivity contribution in [2.45, 2.75) is 6.92 Å². The van der Waals surface area contributed by atoms with Gasteiger partial charge in [-0.25, -0.2) is 4.98 Å². The second kappa shape index (κ2) is 8.75. The summed E-state index contributed by atoms with van der Waals surface area (Å²) < 4.78 is 11.8. The number of amides is 1. The van der Waals surface area contributed by atoms with Gasteiger partial charge in [0.1, 0.15) is 0 Å². The predicted octanol–water partition coefficient (Wildman–Crippen LogP) is 4.62. The van der Waals surface area contributed by atoms with Crippen LogP contribution in [0, 0.1) is 6.92 Å². The number of carbonyl (C=O) groups excluding carboxylic acids is 1. The number of likely N-dealkylation sites (N-methyl/N-ethyl adjacent to an activating group) is 1. The van der Waals surface area contributed by atoms with Crippen molar-refractivity contribution in [1.82, 2.24) is 9.88 Å². The molecule has 0 bridgehead atoms. The van der Waals surface area contributed by atoms with Gasteiger partial charge in [0.15, 0.2) is 16.6 Å². The van der Waals surface area contributed by atoms with Crippen LogP contribution in [0.2, 0.25) is 5.02 Å². The molecular weight excluding hydrogens is 433 g/mol. The fraction of sp³-hybridized carbons (Fsp3) is 0.300. The van der Waals surface area contributed by atoms with E-state index in [4.69, 9.17) is 26.1 Å². The van der Waals surface area contributed by atoms with Crippen molar-refractivity contribution in [3.05, 3.63) is 46.5 Å². The molecule has 4 rings (SSSR count). The minimum atomic E-state index is -0.122. The first-order valence-electron chi connectivity index (χ1n) is 8.86. The van der Waals surface area contributed by atoms with Gasteiger partial charge in [-0.15, -0.1) is 12.4 Å². The highest BCUT2D eigenvalue weighted by molar-refractivity contribution is 7.22. The maximum absolute atomic E-state index is 13.3. The Bertz CT molecular complexity index is 1050. The molecule has 0 unspecified atom stereocenters. The number of carbonyl (C=O) groups is 1. The molecule has 1 aliphatic heterocycles. The van der Waals surface area contributed by atoms with E-state index in [1.807, 2.05) is 38.1 Å². The van der Waals surface area contributed by atoms with Crippen molar-refractivity contribution in [1.29, 1.82) is 0 Å². The molecule has 2 heterocycles. The van der Waals surface area contributed by atoms with Crippen LogP contribution in [0.5, 0.6) is 11.5 Å². The highest BCUT2D eigenvalue weighted by Gasteiger charge is 2.24. The van der Waals surface area contributed by atoms with Crippen LogP contribution in [0.4, 0.5) is 5.13 Å². The summed E-state index contributed by atoms with van der Waals surface area (Å²) in [6.45, 7) is 3.35. The first-order chi connectivity index (χ1) is 13.4. The van der Waals surface area contributed by atoms with Gasteiger partial charge >= 0.3 is 0 Å². The molecule has 1 aliphatic rings. The zero-order valence-corrected chi connectivity index (χ0v) is 18.7. The SMILES string of the molecule is Cc1c(Cl)ccc2sc(N(CCN(C)C)C(=O)c3ccc4c(c3)OCO4)nc12.Cl. The minimum Gasteiger partial charge on any atom is -0.454 e. The molecule has 0 aliphatic carbocycles. The quantitative estimate of drug-likeness (QED) is 0.563. The lowest BCUT2D eigenvalue weighted by atomic mass is 10.1. The molecule has 154 valence electrons. The third-order valence-electron chi connectivity index (χ3n) is 4.60. The van der Waals surface area contributed by atoms with Gasteiger partial charge in [0.05, 0.1) is 10.2 Å². The third-order valence-corrected chi connectivity index (χ3v) is 6.06. The number of aromatic nitrogens is 1. The van der Waals surface area contributed by atoms with Crippen LogP contribution in [-0.2, 0) is 0 Å². The average molecular weight is 454 g/mol. The average Bonchev–Trinajstić information content (AvgIpc) is 3.31. The summed E-state index contributed by atoms with van der Waals surface area (Å²) in [5.74, 6) is 1.12. The lowest BCUT2D eigenvalue weighted by Gasteiger charge is -2.22. The van der Waals surface area contributed by atoms with E-state index in [9.17, 15) is 4.79 Å². The molecular formula is C20H21Cl2N3O3S. The van der Waals surface area contributed by atoms with Crippen LogP contribution in [-0.4, -0.2) is 49.8 Å². The Morgan fingerprint density at radius 3 is 2.69 bits per heavy atom. The van der Waals surface area contributed by atoms with E-state index >= 15 is 0 Å². The van der Waals surface area contributed by atoms with E-state index in [0.29, 0.717) is 40.3 Å². The number of ether oxygens (including phenoxy) is 2. The summed E-state index contributed by atoms with van der Waals surface area (Å²) in [6.07, 6.45) is 0. The molecule has 9 heteroatoms. The molecule has 0 radical (unpaired) electrons.